The monoisotopic (exact) mass is 140 g/mol. The summed E-state index contributed by atoms with van der Waals surface area (Å²) in [5, 5.41) is 8.72. The van der Waals surface area contributed by atoms with E-state index in [-0.39, 0.29) is 11.3 Å². The van der Waals surface area contributed by atoms with Gasteiger partial charge in [0.05, 0.1) is 5.92 Å². The van der Waals surface area contributed by atoms with Gasteiger partial charge in [-0.05, 0) is 24.2 Å². The van der Waals surface area contributed by atoms with Gasteiger partial charge in [-0.1, -0.05) is 13.3 Å². The first kappa shape index (κ1) is 6.20. The molecule has 2 nitrogen and oxygen atoms in total. The molecule has 3 atom stereocenters. The fourth-order valence-corrected chi connectivity index (χ4v) is 2.66. The van der Waals surface area contributed by atoms with E-state index >= 15 is 0 Å². The van der Waals surface area contributed by atoms with Crippen LogP contribution in [0.3, 0.4) is 0 Å². The Kier molecular flexibility index (Phi) is 0.960. The predicted octanol–water partition coefficient (Wildman–Crippen LogP) is 1.51. The molecule has 2 saturated carbocycles. The van der Waals surface area contributed by atoms with Gasteiger partial charge in [0, 0.05) is 0 Å². The molecular weight excluding hydrogens is 128 g/mol. The molecule has 0 aromatic carbocycles. The molecule has 0 aliphatic heterocycles. The zero-order chi connectivity index (χ0) is 7.35. The van der Waals surface area contributed by atoms with Crippen LogP contribution < -0.4 is 0 Å². The molecule has 10 heavy (non-hydrogen) atoms. The van der Waals surface area contributed by atoms with E-state index in [1.54, 1.807) is 0 Å². The predicted molar refractivity (Wildman–Crippen MR) is 36.6 cm³/mol. The second kappa shape index (κ2) is 1.55. The van der Waals surface area contributed by atoms with E-state index in [2.05, 4.69) is 6.92 Å². The van der Waals surface area contributed by atoms with Gasteiger partial charge in [0.25, 0.3) is 0 Å². The number of carboxylic acid groups (broad SMARTS) is 1. The van der Waals surface area contributed by atoms with Gasteiger partial charge in [0.1, 0.15) is 0 Å². The van der Waals surface area contributed by atoms with Crippen LogP contribution in [0.1, 0.15) is 26.2 Å². The summed E-state index contributed by atoms with van der Waals surface area (Å²) in [5.41, 5.74) is 0.200. The molecule has 2 fully saturated rings. The molecule has 0 radical (unpaired) electrons. The lowest BCUT2D eigenvalue weighted by atomic mass is 10.0. The number of carboxylic acids is 1. The second-order valence-corrected chi connectivity index (χ2v) is 3.82. The molecule has 2 rings (SSSR count). The lowest BCUT2D eigenvalue weighted by Crippen LogP contribution is -2.07. The van der Waals surface area contributed by atoms with Gasteiger partial charge in [-0.3, -0.25) is 4.79 Å². The Labute approximate surface area is 60.2 Å². The minimum absolute atomic E-state index is 0.00116. The fraction of sp³-hybridized carbons (Fsp3) is 0.875. The summed E-state index contributed by atoms with van der Waals surface area (Å²) in [6.07, 6.45) is 3.52. The third-order valence-electron chi connectivity index (χ3n) is 3.35. The Balaban J connectivity index is 2.15. The average molecular weight is 140 g/mol. The molecule has 0 aromatic rings. The standard InChI is InChI=1S/C8H12O2/c1-8-4-2-3-5(8)6(8)7(9)10/h5-6H,2-4H2,1H3,(H,9,10). The van der Waals surface area contributed by atoms with Gasteiger partial charge in [-0.15, -0.1) is 0 Å². The first-order valence-corrected chi connectivity index (χ1v) is 3.89. The number of rotatable bonds is 1. The summed E-state index contributed by atoms with van der Waals surface area (Å²) in [5.74, 6) is -0.0570. The zero-order valence-corrected chi connectivity index (χ0v) is 6.13. The van der Waals surface area contributed by atoms with Crippen molar-refractivity contribution in [3.05, 3.63) is 0 Å². The summed E-state index contributed by atoms with van der Waals surface area (Å²) < 4.78 is 0. The first-order chi connectivity index (χ1) is 4.66. The van der Waals surface area contributed by atoms with Gasteiger partial charge in [-0.25, -0.2) is 0 Å². The average Bonchev–Trinajstić information content (AvgIpc) is 2.22. The molecular formula is C8H12O2. The number of fused-ring (bicyclic) bond motifs is 1. The van der Waals surface area contributed by atoms with Crippen molar-refractivity contribution in [2.24, 2.45) is 17.3 Å². The van der Waals surface area contributed by atoms with Crippen molar-refractivity contribution in [2.75, 3.05) is 0 Å². The van der Waals surface area contributed by atoms with E-state index in [4.69, 9.17) is 5.11 Å². The van der Waals surface area contributed by atoms with Crippen LogP contribution in [0, 0.1) is 17.3 Å². The van der Waals surface area contributed by atoms with Crippen molar-refractivity contribution in [3.63, 3.8) is 0 Å². The van der Waals surface area contributed by atoms with Crippen molar-refractivity contribution in [2.45, 2.75) is 26.2 Å². The fourth-order valence-electron chi connectivity index (χ4n) is 2.66. The molecule has 2 heteroatoms. The Morgan fingerprint density at radius 3 is 2.70 bits per heavy atom. The smallest absolute Gasteiger partial charge is 0.307 e. The van der Waals surface area contributed by atoms with E-state index < -0.39 is 5.97 Å². The van der Waals surface area contributed by atoms with Gasteiger partial charge in [0.15, 0.2) is 0 Å². The molecule has 0 saturated heterocycles. The summed E-state index contributed by atoms with van der Waals surface area (Å²) in [6, 6.07) is 0. The van der Waals surface area contributed by atoms with Crippen molar-refractivity contribution < 1.29 is 9.90 Å². The highest BCUT2D eigenvalue weighted by Crippen LogP contribution is 2.68. The molecule has 2 aliphatic rings. The van der Waals surface area contributed by atoms with Crippen molar-refractivity contribution in [1.29, 1.82) is 0 Å². The van der Waals surface area contributed by atoms with E-state index in [0.717, 1.165) is 12.8 Å². The van der Waals surface area contributed by atoms with Gasteiger partial charge in [-0.2, -0.15) is 0 Å². The van der Waals surface area contributed by atoms with Crippen LogP contribution in [0.2, 0.25) is 0 Å². The lowest BCUT2D eigenvalue weighted by molar-refractivity contribution is -0.139. The van der Waals surface area contributed by atoms with Crippen LogP contribution >= 0.6 is 0 Å². The third kappa shape index (κ3) is 0.522. The Hall–Kier alpha value is -0.530. The number of hydrogen-bond acceptors (Lipinski definition) is 1. The van der Waals surface area contributed by atoms with E-state index in [1.165, 1.54) is 6.42 Å². The van der Waals surface area contributed by atoms with Crippen LogP contribution in [0.25, 0.3) is 0 Å². The molecule has 2 aliphatic carbocycles. The quantitative estimate of drug-likeness (QED) is 0.599. The summed E-state index contributed by atoms with van der Waals surface area (Å²) in [6.45, 7) is 2.11. The molecule has 0 heterocycles. The van der Waals surface area contributed by atoms with Gasteiger partial charge >= 0.3 is 5.97 Å². The molecule has 56 valence electrons. The normalized spacial score (nSPS) is 50.5. The highest BCUT2D eigenvalue weighted by atomic mass is 16.4. The SMILES string of the molecule is CC12CCCC1C2C(=O)O. The zero-order valence-electron chi connectivity index (χ0n) is 6.13. The summed E-state index contributed by atoms with van der Waals surface area (Å²) >= 11 is 0. The summed E-state index contributed by atoms with van der Waals surface area (Å²) in [7, 11) is 0. The maximum absolute atomic E-state index is 10.6. The number of hydrogen-bond donors (Lipinski definition) is 1. The maximum atomic E-state index is 10.6. The topological polar surface area (TPSA) is 37.3 Å². The number of carbonyl (C=O) groups is 1. The summed E-state index contributed by atoms with van der Waals surface area (Å²) in [4.78, 5) is 10.6. The molecule has 1 N–H and O–H groups in total. The van der Waals surface area contributed by atoms with Crippen molar-refractivity contribution in [3.8, 4) is 0 Å². The lowest BCUT2D eigenvalue weighted by Gasteiger charge is -2.02. The molecule has 0 spiro atoms. The van der Waals surface area contributed by atoms with Gasteiger partial charge < -0.3 is 5.11 Å². The highest BCUT2D eigenvalue weighted by molar-refractivity contribution is 5.75. The van der Waals surface area contributed by atoms with Crippen LogP contribution in [-0.2, 0) is 4.79 Å². The second-order valence-electron chi connectivity index (χ2n) is 3.82. The van der Waals surface area contributed by atoms with Crippen LogP contribution in [0.4, 0.5) is 0 Å². The largest absolute Gasteiger partial charge is 0.481 e. The van der Waals surface area contributed by atoms with Crippen LogP contribution in [0.5, 0.6) is 0 Å². The van der Waals surface area contributed by atoms with E-state index in [1.807, 2.05) is 0 Å². The minimum atomic E-state index is -0.577. The first-order valence-electron chi connectivity index (χ1n) is 3.89. The number of aliphatic carboxylic acids is 1. The Morgan fingerprint density at radius 1 is 1.70 bits per heavy atom. The maximum Gasteiger partial charge on any atom is 0.307 e. The molecule has 3 unspecified atom stereocenters. The molecule has 0 amide bonds. The third-order valence-corrected chi connectivity index (χ3v) is 3.35. The Bertz CT molecular complexity index is 188. The Morgan fingerprint density at radius 2 is 2.40 bits per heavy atom. The highest BCUT2D eigenvalue weighted by Gasteiger charge is 2.66. The van der Waals surface area contributed by atoms with Gasteiger partial charge in [0.2, 0.25) is 0 Å². The van der Waals surface area contributed by atoms with E-state index in [0.29, 0.717) is 5.92 Å². The minimum Gasteiger partial charge on any atom is -0.481 e. The van der Waals surface area contributed by atoms with Crippen molar-refractivity contribution >= 4 is 5.97 Å². The molecule has 0 aromatic heterocycles. The van der Waals surface area contributed by atoms with Crippen LogP contribution in [-0.4, -0.2) is 11.1 Å². The van der Waals surface area contributed by atoms with Crippen LogP contribution in [0.15, 0.2) is 0 Å². The van der Waals surface area contributed by atoms with Crippen molar-refractivity contribution in [1.82, 2.24) is 0 Å². The van der Waals surface area contributed by atoms with E-state index in [9.17, 15) is 4.79 Å². The molecule has 0 bridgehead atoms.